The van der Waals surface area contributed by atoms with Crippen LogP contribution in [0.2, 0.25) is 0 Å². The fraction of sp³-hybridized carbons (Fsp3) is 0.818. The number of nitrogens with one attached hydrogen (secondary N) is 1. The number of nitriles is 1. The minimum atomic E-state index is -0.636. The van der Waals surface area contributed by atoms with E-state index in [1.54, 1.807) is 0 Å². The normalized spacial score (nSPS) is 46.3. The van der Waals surface area contributed by atoms with Crippen LogP contribution in [0.1, 0.15) is 106 Å². The first-order valence-electron chi connectivity index (χ1n) is 15.1. The summed E-state index contributed by atoms with van der Waals surface area (Å²) in [7, 11) is 1.50. The molecule has 214 valence electrons. The van der Waals surface area contributed by atoms with Crippen molar-refractivity contribution >= 4 is 17.5 Å². The third-order valence-corrected chi connectivity index (χ3v) is 13.5. The number of nitrogens with zero attached hydrogens (tertiary/aromatic N) is 1. The summed E-state index contributed by atoms with van der Waals surface area (Å²) in [4.78, 5) is 46.4. The van der Waals surface area contributed by atoms with Gasteiger partial charge in [0.15, 0.2) is 5.78 Å². The number of carbonyl (C=O) groups excluding carboxylic acids is 3. The summed E-state index contributed by atoms with van der Waals surface area (Å²) < 4.78 is 0. The third kappa shape index (κ3) is 3.70. The lowest BCUT2D eigenvalue weighted by atomic mass is 9.35. The molecule has 1 amide bonds. The van der Waals surface area contributed by atoms with Gasteiger partial charge in [0.05, 0.1) is 18.1 Å². The van der Waals surface area contributed by atoms with Gasteiger partial charge < -0.3 is 0 Å². The number of Topliss-reactive ketones (excluding diaryl/α,β-unsaturated/α-hetero) is 2. The molecule has 39 heavy (non-hydrogen) atoms. The van der Waals surface area contributed by atoms with E-state index >= 15 is 0 Å². The molecule has 0 heterocycles. The molecule has 4 saturated carbocycles. The van der Waals surface area contributed by atoms with E-state index in [0.29, 0.717) is 12.2 Å². The number of carbonyl (C=O) groups is 3. The van der Waals surface area contributed by atoms with Crippen molar-refractivity contribution in [3.8, 4) is 6.07 Å². The second-order valence-electron chi connectivity index (χ2n) is 15.9. The van der Waals surface area contributed by atoms with Gasteiger partial charge in [-0.3, -0.25) is 19.2 Å². The lowest BCUT2D eigenvalue weighted by molar-refractivity contribution is -0.188. The highest BCUT2D eigenvalue weighted by atomic mass is 16.6. The van der Waals surface area contributed by atoms with Crippen LogP contribution in [0.15, 0.2) is 11.6 Å². The molecule has 5 aliphatic rings. The molecule has 5 rings (SSSR count). The molecule has 6 nitrogen and oxygen atoms in total. The average molecular weight is 537 g/mol. The van der Waals surface area contributed by atoms with E-state index in [1.165, 1.54) is 7.11 Å². The fourth-order valence-electron chi connectivity index (χ4n) is 11.0. The zero-order valence-electron chi connectivity index (χ0n) is 25.3. The van der Waals surface area contributed by atoms with Crippen LogP contribution in [-0.2, 0) is 19.2 Å². The molecule has 5 aliphatic carbocycles. The first-order chi connectivity index (χ1) is 18.0. The van der Waals surface area contributed by atoms with E-state index in [4.69, 9.17) is 4.84 Å². The van der Waals surface area contributed by atoms with E-state index in [0.717, 1.165) is 51.4 Å². The number of hydrogen-bond acceptors (Lipinski definition) is 5. The number of hydroxylamine groups is 1. The van der Waals surface area contributed by atoms with Gasteiger partial charge >= 0.3 is 0 Å². The Morgan fingerprint density at radius 3 is 2.28 bits per heavy atom. The summed E-state index contributed by atoms with van der Waals surface area (Å²) >= 11 is 0. The molecule has 4 unspecified atom stereocenters. The first kappa shape index (κ1) is 28.5. The molecule has 0 radical (unpaired) electrons. The van der Waals surface area contributed by atoms with Gasteiger partial charge in [0.2, 0.25) is 5.91 Å². The maximum absolute atomic E-state index is 14.3. The second-order valence-corrected chi connectivity index (χ2v) is 15.9. The predicted octanol–water partition coefficient (Wildman–Crippen LogP) is 6.35. The molecule has 0 bridgehead atoms. The first-order valence-corrected chi connectivity index (χ1v) is 15.1. The van der Waals surface area contributed by atoms with Crippen molar-refractivity contribution in [1.82, 2.24) is 5.48 Å². The highest BCUT2D eigenvalue weighted by molar-refractivity contribution is 6.04. The number of amides is 1. The molecule has 0 aliphatic heterocycles. The fourth-order valence-corrected chi connectivity index (χ4v) is 11.0. The molecule has 6 heteroatoms. The minimum Gasteiger partial charge on any atom is -0.299 e. The van der Waals surface area contributed by atoms with Crippen LogP contribution in [0, 0.1) is 67.5 Å². The van der Waals surface area contributed by atoms with Crippen molar-refractivity contribution in [1.29, 1.82) is 5.26 Å². The smallest absolute Gasteiger partial charge is 0.250 e. The number of rotatable bonds is 2. The molecule has 0 aromatic rings. The third-order valence-electron chi connectivity index (χ3n) is 13.5. The van der Waals surface area contributed by atoms with Crippen LogP contribution in [-0.4, -0.2) is 24.6 Å². The van der Waals surface area contributed by atoms with Gasteiger partial charge in [-0.1, -0.05) is 54.5 Å². The number of allylic oxidation sites excluding steroid dienone is 2. The monoisotopic (exact) mass is 536 g/mol. The Morgan fingerprint density at radius 1 is 0.974 bits per heavy atom. The molecule has 0 aromatic heterocycles. The molecule has 0 saturated heterocycles. The van der Waals surface area contributed by atoms with Gasteiger partial charge in [0.25, 0.3) is 0 Å². The van der Waals surface area contributed by atoms with Gasteiger partial charge in [-0.2, -0.15) is 5.26 Å². The summed E-state index contributed by atoms with van der Waals surface area (Å²) in [5, 5.41) is 9.92. The molecular weight excluding hydrogens is 488 g/mol. The topological polar surface area (TPSA) is 96.3 Å². The molecule has 0 spiro atoms. The highest BCUT2D eigenvalue weighted by Gasteiger charge is 2.70. The Bertz CT molecular complexity index is 1180. The van der Waals surface area contributed by atoms with Crippen LogP contribution in [0.25, 0.3) is 0 Å². The summed E-state index contributed by atoms with van der Waals surface area (Å²) in [5.74, 6) is 0.418. The minimum absolute atomic E-state index is 0.0216. The highest BCUT2D eigenvalue weighted by Crippen LogP contribution is 2.73. The Balaban J connectivity index is 1.61. The summed E-state index contributed by atoms with van der Waals surface area (Å²) in [5.41, 5.74) is 1.11. The standard InChI is InChI=1S/C33H48N2O4/c1-28(2)11-13-33(27(38)35-39-8)14-12-31(6)22(15-21(33)18-28)23(36)16-25-30(5)17-20(19-34)26(37)29(3,4)24(30)9-10-32(25,31)7/h17,21-22,24-25H,9-16,18H2,1-8H3,(H,35,38)/t21?,22?,24?,25?,30-,31+,32+,33-/m0/s1. The SMILES string of the molecule is CONC(=O)[C@]12CCC(C)(C)CC1CC1C(=O)CC3[C@@]4(C)C=C(C#N)C(=O)C(C)(C)C4CC[C@@]3(C)[C@]1(C)CC2. The van der Waals surface area contributed by atoms with E-state index in [2.05, 4.69) is 46.2 Å². The molecule has 0 aromatic carbocycles. The Hall–Kier alpha value is -2.00. The molecule has 4 fully saturated rings. The van der Waals surface area contributed by atoms with Gasteiger partial charge in [0, 0.05) is 17.8 Å². The van der Waals surface area contributed by atoms with Crippen LogP contribution in [0.3, 0.4) is 0 Å². The summed E-state index contributed by atoms with van der Waals surface area (Å²) in [6, 6.07) is 2.20. The van der Waals surface area contributed by atoms with Crippen molar-refractivity contribution in [3.63, 3.8) is 0 Å². The van der Waals surface area contributed by atoms with Crippen LogP contribution < -0.4 is 5.48 Å². The number of ketones is 2. The van der Waals surface area contributed by atoms with Crippen LogP contribution in [0.4, 0.5) is 0 Å². The van der Waals surface area contributed by atoms with Crippen molar-refractivity contribution < 1.29 is 19.2 Å². The maximum Gasteiger partial charge on any atom is 0.250 e. The van der Waals surface area contributed by atoms with Crippen LogP contribution in [0.5, 0.6) is 0 Å². The summed E-state index contributed by atoms with van der Waals surface area (Å²) in [6.07, 6.45) is 9.38. The molecule has 8 atom stereocenters. The Labute approximate surface area is 234 Å². The zero-order valence-corrected chi connectivity index (χ0v) is 25.3. The van der Waals surface area contributed by atoms with Gasteiger partial charge in [-0.05, 0) is 90.8 Å². The zero-order chi connectivity index (χ0) is 28.8. The molecule has 1 N–H and O–H groups in total. The Morgan fingerprint density at radius 2 is 1.64 bits per heavy atom. The van der Waals surface area contributed by atoms with Crippen LogP contribution >= 0.6 is 0 Å². The number of hydrogen-bond donors (Lipinski definition) is 1. The Kier molecular flexibility index (Phi) is 6.40. The van der Waals surface area contributed by atoms with Crippen molar-refractivity contribution in [2.75, 3.05) is 7.11 Å². The van der Waals surface area contributed by atoms with E-state index < -0.39 is 16.2 Å². The largest absolute Gasteiger partial charge is 0.299 e. The van der Waals surface area contributed by atoms with E-state index in [-0.39, 0.29) is 57.2 Å². The quantitative estimate of drug-likeness (QED) is 0.415. The van der Waals surface area contributed by atoms with E-state index in [1.807, 2.05) is 19.9 Å². The van der Waals surface area contributed by atoms with Gasteiger partial charge in [-0.15, -0.1) is 0 Å². The average Bonchev–Trinajstić information content (AvgIpc) is 2.99. The van der Waals surface area contributed by atoms with E-state index in [9.17, 15) is 19.6 Å². The van der Waals surface area contributed by atoms with Crippen molar-refractivity contribution in [3.05, 3.63) is 11.6 Å². The lowest BCUT2D eigenvalue weighted by Crippen LogP contribution is -2.64. The maximum atomic E-state index is 14.3. The van der Waals surface area contributed by atoms with Gasteiger partial charge in [0.1, 0.15) is 11.9 Å². The van der Waals surface area contributed by atoms with Crippen molar-refractivity contribution in [2.24, 2.45) is 56.2 Å². The summed E-state index contributed by atoms with van der Waals surface area (Å²) in [6.45, 7) is 15.5. The predicted molar refractivity (Wildman–Crippen MR) is 149 cm³/mol. The number of fused-ring (bicyclic) bond motifs is 6. The van der Waals surface area contributed by atoms with Crippen molar-refractivity contribution in [2.45, 2.75) is 106 Å². The molecular formula is C33H48N2O4. The second kappa shape index (κ2) is 8.75. The van der Waals surface area contributed by atoms with Gasteiger partial charge in [-0.25, -0.2) is 5.48 Å². The lowest BCUT2D eigenvalue weighted by Gasteiger charge is -2.68.